The standard InChI is InChI=1S/C27H22/c1-18-8-6-7-11-24(18)25-17-27-23(14-19(25)2)15-22-13-12-21(16-26(22)27)20-9-4-3-5-10-20/h3-14,16-17H,15H2,1-2H3. The van der Waals surface area contributed by atoms with E-state index >= 15 is 0 Å². The second-order valence-corrected chi connectivity index (χ2v) is 7.55. The zero-order valence-electron chi connectivity index (χ0n) is 15.8. The van der Waals surface area contributed by atoms with Crippen molar-refractivity contribution in [2.75, 3.05) is 0 Å². The lowest BCUT2D eigenvalue weighted by molar-refractivity contribution is 1.25. The Bertz CT molecular complexity index is 1150. The first-order valence-electron chi connectivity index (χ1n) is 9.59. The fourth-order valence-electron chi connectivity index (χ4n) is 4.33. The maximum Gasteiger partial charge on any atom is -0.00133 e. The summed E-state index contributed by atoms with van der Waals surface area (Å²) in [7, 11) is 0. The first kappa shape index (κ1) is 16.1. The molecule has 0 heterocycles. The normalized spacial score (nSPS) is 11.9. The van der Waals surface area contributed by atoms with Crippen LogP contribution in [-0.2, 0) is 6.42 Å². The summed E-state index contributed by atoms with van der Waals surface area (Å²) in [4.78, 5) is 0. The number of aryl methyl sites for hydroxylation is 2. The summed E-state index contributed by atoms with van der Waals surface area (Å²) < 4.78 is 0. The van der Waals surface area contributed by atoms with Gasteiger partial charge in [0.15, 0.2) is 0 Å². The lowest BCUT2D eigenvalue weighted by Gasteiger charge is -2.13. The lowest BCUT2D eigenvalue weighted by atomic mass is 9.91. The predicted octanol–water partition coefficient (Wildman–Crippen LogP) is 7.21. The number of hydrogen-bond donors (Lipinski definition) is 0. The quantitative estimate of drug-likeness (QED) is 0.317. The third-order valence-corrected chi connectivity index (χ3v) is 5.77. The van der Waals surface area contributed by atoms with Gasteiger partial charge in [0.25, 0.3) is 0 Å². The largest absolute Gasteiger partial charge is 0.0622 e. The van der Waals surface area contributed by atoms with Crippen molar-refractivity contribution in [3.63, 3.8) is 0 Å². The van der Waals surface area contributed by atoms with Crippen LogP contribution < -0.4 is 0 Å². The Hall–Kier alpha value is -3.12. The zero-order valence-corrected chi connectivity index (χ0v) is 15.8. The van der Waals surface area contributed by atoms with E-state index < -0.39 is 0 Å². The van der Waals surface area contributed by atoms with Gasteiger partial charge < -0.3 is 0 Å². The smallest absolute Gasteiger partial charge is 0.00133 e. The van der Waals surface area contributed by atoms with Crippen molar-refractivity contribution in [2.24, 2.45) is 0 Å². The molecule has 0 aromatic heterocycles. The second kappa shape index (κ2) is 6.25. The summed E-state index contributed by atoms with van der Waals surface area (Å²) in [6.07, 6.45) is 1.04. The van der Waals surface area contributed by atoms with E-state index in [1.807, 2.05) is 0 Å². The molecule has 0 saturated heterocycles. The Morgan fingerprint density at radius 1 is 0.481 bits per heavy atom. The molecule has 0 radical (unpaired) electrons. The van der Waals surface area contributed by atoms with Crippen LogP contribution in [0, 0.1) is 13.8 Å². The van der Waals surface area contributed by atoms with Gasteiger partial charge in [-0.25, -0.2) is 0 Å². The van der Waals surface area contributed by atoms with Crippen molar-refractivity contribution >= 4 is 0 Å². The van der Waals surface area contributed by atoms with E-state index in [9.17, 15) is 0 Å². The monoisotopic (exact) mass is 346 g/mol. The zero-order chi connectivity index (χ0) is 18.4. The fraction of sp³-hybridized carbons (Fsp3) is 0.111. The van der Waals surface area contributed by atoms with Crippen LogP contribution >= 0.6 is 0 Å². The van der Waals surface area contributed by atoms with Crippen molar-refractivity contribution in [1.29, 1.82) is 0 Å². The van der Waals surface area contributed by atoms with Crippen LogP contribution in [0.3, 0.4) is 0 Å². The summed E-state index contributed by atoms with van der Waals surface area (Å²) in [6, 6.07) is 31.1. The Morgan fingerprint density at radius 3 is 2.04 bits per heavy atom. The van der Waals surface area contributed by atoms with Crippen LogP contribution in [0.25, 0.3) is 33.4 Å². The van der Waals surface area contributed by atoms with Crippen molar-refractivity contribution < 1.29 is 0 Å². The molecule has 0 atom stereocenters. The molecule has 4 aromatic rings. The molecule has 0 saturated carbocycles. The molecule has 130 valence electrons. The van der Waals surface area contributed by atoms with Crippen LogP contribution in [0.2, 0.25) is 0 Å². The summed E-state index contributed by atoms with van der Waals surface area (Å²) in [5.74, 6) is 0. The van der Waals surface area contributed by atoms with Gasteiger partial charge in [0.2, 0.25) is 0 Å². The van der Waals surface area contributed by atoms with Gasteiger partial charge in [0, 0.05) is 0 Å². The van der Waals surface area contributed by atoms with Crippen molar-refractivity contribution in [3.8, 4) is 33.4 Å². The van der Waals surface area contributed by atoms with Gasteiger partial charge >= 0.3 is 0 Å². The summed E-state index contributed by atoms with van der Waals surface area (Å²) in [5.41, 5.74) is 13.6. The Labute approximate surface area is 161 Å². The van der Waals surface area contributed by atoms with Gasteiger partial charge in [0.05, 0.1) is 0 Å². The number of hydrogen-bond acceptors (Lipinski definition) is 0. The molecule has 0 amide bonds. The molecule has 0 N–H and O–H groups in total. The third kappa shape index (κ3) is 2.69. The van der Waals surface area contributed by atoms with E-state index in [-0.39, 0.29) is 0 Å². The van der Waals surface area contributed by atoms with Crippen LogP contribution in [0.4, 0.5) is 0 Å². The van der Waals surface area contributed by atoms with Crippen LogP contribution in [0.1, 0.15) is 22.3 Å². The highest BCUT2D eigenvalue weighted by atomic mass is 14.2. The SMILES string of the molecule is Cc1ccccc1-c1cc2c(cc1C)Cc1ccc(-c3ccccc3)cc1-2. The number of fused-ring (bicyclic) bond motifs is 3. The number of rotatable bonds is 2. The molecule has 27 heavy (non-hydrogen) atoms. The van der Waals surface area contributed by atoms with Crippen LogP contribution in [0.15, 0.2) is 84.9 Å². The average molecular weight is 346 g/mol. The maximum absolute atomic E-state index is 2.41. The molecule has 0 fully saturated rings. The van der Waals surface area contributed by atoms with Gasteiger partial charge in [-0.05, 0) is 88.0 Å². The molecule has 0 bridgehead atoms. The van der Waals surface area contributed by atoms with E-state index in [1.165, 1.54) is 55.6 Å². The third-order valence-electron chi connectivity index (χ3n) is 5.77. The molecule has 1 aliphatic rings. The molecule has 1 aliphatic carbocycles. The molecular weight excluding hydrogens is 324 g/mol. The Morgan fingerprint density at radius 2 is 1.22 bits per heavy atom. The molecule has 0 unspecified atom stereocenters. The molecule has 0 aliphatic heterocycles. The second-order valence-electron chi connectivity index (χ2n) is 7.55. The van der Waals surface area contributed by atoms with Crippen molar-refractivity contribution in [1.82, 2.24) is 0 Å². The molecule has 5 rings (SSSR count). The minimum Gasteiger partial charge on any atom is -0.0622 e. The topological polar surface area (TPSA) is 0 Å². The minimum absolute atomic E-state index is 1.04. The summed E-state index contributed by atoms with van der Waals surface area (Å²) in [5, 5.41) is 0. The predicted molar refractivity (Wildman–Crippen MR) is 115 cm³/mol. The van der Waals surface area contributed by atoms with Gasteiger partial charge in [-0.2, -0.15) is 0 Å². The Kier molecular flexibility index (Phi) is 3.72. The van der Waals surface area contributed by atoms with Crippen molar-refractivity contribution in [3.05, 3.63) is 107 Å². The van der Waals surface area contributed by atoms with Crippen molar-refractivity contribution in [2.45, 2.75) is 20.3 Å². The first-order chi connectivity index (χ1) is 13.2. The summed E-state index contributed by atoms with van der Waals surface area (Å²) >= 11 is 0. The fourth-order valence-corrected chi connectivity index (χ4v) is 4.33. The average Bonchev–Trinajstić information content (AvgIpc) is 3.05. The van der Waals surface area contributed by atoms with Gasteiger partial charge in [-0.15, -0.1) is 0 Å². The van der Waals surface area contributed by atoms with E-state index in [4.69, 9.17) is 0 Å². The molecule has 0 heteroatoms. The van der Waals surface area contributed by atoms with E-state index in [0.717, 1.165) is 6.42 Å². The minimum atomic E-state index is 1.04. The molecule has 0 nitrogen and oxygen atoms in total. The number of benzene rings is 4. The highest BCUT2D eigenvalue weighted by molar-refractivity contribution is 5.86. The maximum atomic E-state index is 2.41. The summed E-state index contributed by atoms with van der Waals surface area (Å²) in [6.45, 7) is 4.43. The van der Waals surface area contributed by atoms with E-state index in [0.29, 0.717) is 0 Å². The molecular formula is C27H22. The Balaban J connectivity index is 1.68. The lowest BCUT2D eigenvalue weighted by Crippen LogP contribution is -1.90. The van der Waals surface area contributed by atoms with Gasteiger partial charge in [-0.1, -0.05) is 72.8 Å². The highest BCUT2D eigenvalue weighted by Crippen LogP contribution is 2.42. The van der Waals surface area contributed by atoms with Crippen LogP contribution in [-0.4, -0.2) is 0 Å². The molecule has 0 spiro atoms. The molecule has 4 aromatic carbocycles. The van der Waals surface area contributed by atoms with Crippen LogP contribution in [0.5, 0.6) is 0 Å². The van der Waals surface area contributed by atoms with E-state index in [2.05, 4.69) is 98.8 Å². The van der Waals surface area contributed by atoms with Gasteiger partial charge in [0.1, 0.15) is 0 Å². The van der Waals surface area contributed by atoms with E-state index in [1.54, 1.807) is 0 Å². The first-order valence-corrected chi connectivity index (χ1v) is 9.59. The van der Waals surface area contributed by atoms with Gasteiger partial charge in [-0.3, -0.25) is 0 Å². The highest BCUT2D eigenvalue weighted by Gasteiger charge is 2.21.